The number of aliphatic imine (C=N–C) groups is 1. The SMILES string of the molecule is CC1(C)C=C(c2ccc3c(c2)[C@]2(COC(N)=N2)c2cc(-c4cncnc4)ccc2O3)CCO1. The minimum absolute atomic E-state index is 0.180. The van der Waals surface area contributed by atoms with Crippen molar-refractivity contribution in [2.24, 2.45) is 10.7 Å². The van der Waals surface area contributed by atoms with E-state index >= 15 is 0 Å². The van der Waals surface area contributed by atoms with Crippen LogP contribution in [-0.4, -0.2) is 34.8 Å². The lowest BCUT2D eigenvalue weighted by molar-refractivity contribution is 0.0165. The van der Waals surface area contributed by atoms with Crippen LogP contribution in [0.15, 0.2) is 66.2 Å². The fourth-order valence-electron chi connectivity index (χ4n) is 4.87. The Balaban J connectivity index is 1.52. The number of hydrogen-bond donors (Lipinski definition) is 1. The van der Waals surface area contributed by atoms with E-state index in [1.807, 2.05) is 18.2 Å². The van der Waals surface area contributed by atoms with E-state index in [1.54, 1.807) is 12.4 Å². The highest BCUT2D eigenvalue weighted by molar-refractivity contribution is 5.79. The molecule has 7 heteroatoms. The van der Waals surface area contributed by atoms with Gasteiger partial charge in [-0.3, -0.25) is 0 Å². The van der Waals surface area contributed by atoms with Crippen LogP contribution in [0, 0.1) is 0 Å². The molecule has 0 aliphatic carbocycles. The number of hydrogen-bond acceptors (Lipinski definition) is 7. The molecule has 33 heavy (non-hydrogen) atoms. The highest BCUT2D eigenvalue weighted by Crippen LogP contribution is 2.52. The highest BCUT2D eigenvalue weighted by Gasteiger charge is 2.47. The quantitative estimate of drug-likeness (QED) is 0.634. The van der Waals surface area contributed by atoms with Crippen LogP contribution >= 0.6 is 0 Å². The largest absolute Gasteiger partial charge is 0.462 e. The number of ether oxygens (including phenoxy) is 3. The molecule has 1 spiro atoms. The standard InChI is InChI=1S/C26H24N4O3/c1-25(2)11-18(7-8-32-25)16-3-5-22-20(9-16)26(14-31-24(27)30-26)21-10-17(4-6-23(21)33-22)19-12-28-15-29-13-19/h3-6,9-13,15H,7-8,14H2,1-2H3,(H2,27,30)/t26-/m1/s1. The molecule has 0 saturated carbocycles. The van der Waals surface area contributed by atoms with Gasteiger partial charge < -0.3 is 19.9 Å². The third-order valence-corrected chi connectivity index (χ3v) is 6.43. The van der Waals surface area contributed by atoms with Crippen LogP contribution in [0.1, 0.15) is 37.0 Å². The monoisotopic (exact) mass is 440 g/mol. The van der Waals surface area contributed by atoms with Crippen LogP contribution < -0.4 is 10.5 Å². The zero-order valence-electron chi connectivity index (χ0n) is 18.5. The molecule has 6 rings (SSSR count). The second kappa shape index (κ2) is 7.15. The number of nitrogens with two attached hydrogens (primary N) is 1. The number of aromatic nitrogens is 2. The average molecular weight is 441 g/mol. The third kappa shape index (κ3) is 3.27. The topological polar surface area (TPSA) is 91.9 Å². The summed E-state index contributed by atoms with van der Waals surface area (Å²) in [7, 11) is 0. The molecule has 3 aromatic rings. The predicted molar refractivity (Wildman–Crippen MR) is 125 cm³/mol. The van der Waals surface area contributed by atoms with E-state index in [2.05, 4.69) is 48.1 Å². The summed E-state index contributed by atoms with van der Waals surface area (Å²) < 4.78 is 17.9. The first kappa shape index (κ1) is 19.9. The van der Waals surface area contributed by atoms with Crippen molar-refractivity contribution in [3.05, 3.63) is 77.9 Å². The molecule has 2 aromatic carbocycles. The van der Waals surface area contributed by atoms with Crippen molar-refractivity contribution < 1.29 is 14.2 Å². The smallest absolute Gasteiger partial charge is 0.283 e. The molecule has 2 N–H and O–H groups in total. The van der Waals surface area contributed by atoms with E-state index in [4.69, 9.17) is 24.9 Å². The molecule has 166 valence electrons. The summed E-state index contributed by atoms with van der Waals surface area (Å²) >= 11 is 0. The number of benzene rings is 2. The number of nitrogens with zero attached hydrogens (tertiary/aromatic N) is 3. The maximum Gasteiger partial charge on any atom is 0.283 e. The van der Waals surface area contributed by atoms with Gasteiger partial charge >= 0.3 is 0 Å². The Morgan fingerprint density at radius 3 is 2.27 bits per heavy atom. The first-order valence-electron chi connectivity index (χ1n) is 11.0. The van der Waals surface area contributed by atoms with Gasteiger partial charge in [0.15, 0.2) is 5.54 Å². The van der Waals surface area contributed by atoms with Crippen LogP contribution in [0.25, 0.3) is 16.7 Å². The zero-order chi connectivity index (χ0) is 22.6. The molecular weight excluding hydrogens is 416 g/mol. The zero-order valence-corrected chi connectivity index (χ0v) is 18.5. The minimum Gasteiger partial charge on any atom is -0.462 e. The second-order valence-corrected chi connectivity index (χ2v) is 9.12. The van der Waals surface area contributed by atoms with E-state index < -0.39 is 5.54 Å². The normalized spacial score (nSPS) is 22.5. The molecule has 3 aliphatic heterocycles. The summed E-state index contributed by atoms with van der Waals surface area (Å²) in [5.74, 6) is 1.50. The molecule has 0 amide bonds. The van der Waals surface area contributed by atoms with Crippen LogP contribution in [0.3, 0.4) is 0 Å². The highest BCUT2D eigenvalue weighted by atomic mass is 16.5. The van der Waals surface area contributed by atoms with Crippen molar-refractivity contribution in [1.29, 1.82) is 0 Å². The van der Waals surface area contributed by atoms with E-state index in [-0.39, 0.29) is 11.6 Å². The van der Waals surface area contributed by atoms with Gasteiger partial charge in [-0.25, -0.2) is 15.0 Å². The first-order valence-corrected chi connectivity index (χ1v) is 11.0. The van der Waals surface area contributed by atoms with Crippen molar-refractivity contribution in [2.45, 2.75) is 31.4 Å². The van der Waals surface area contributed by atoms with E-state index in [1.165, 1.54) is 11.9 Å². The Morgan fingerprint density at radius 1 is 0.909 bits per heavy atom. The maximum absolute atomic E-state index is 6.33. The van der Waals surface area contributed by atoms with E-state index in [0.29, 0.717) is 13.2 Å². The molecule has 0 unspecified atom stereocenters. The molecular formula is C26H24N4O3. The third-order valence-electron chi connectivity index (χ3n) is 6.43. The Bertz CT molecular complexity index is 1320. The second-order valence-electron chi connectivity index (χ2n) is 9.12. The van der Waals surface area contributed by atoms with E-state index in [9.17, 15) is 0 Å². The summed E-state index contributed by atoms with van der Waals surface area (Å²) in [5.41, 5.74) is 11.1. The fraction of sp³-hybridized carbons (Fsp3) is 0.269. The average Bonchev–Trinajstić information content (AvgIpc) is 3.21. The van der Waals surface area contributed by atoms with Gasteiger partial charge in [-0.15, -0.1) is 0 Å². The van der Waals surface area contributed by atoms with Crippen LogP contribution in [-0.2, 0) is 15.0 Å². The lowest BCUT2D eigenvalue weighted by Gasteiger charge is -2.34. The maximum atomic E-state index is 6.33. The van der Waals surface area contributed by atoms with E-state index in [0.717, 1.165) is 45.7 Å². The van der Waals surface area contributed by atoms with Gasteiger partial charge in [-0.2, -0.15) is 0 Å². The Hall–Kier alpha value is -3.71. The van der Waals surface area contributed by atoms with Gasteiger partial charge in [0.1, 0.15) is 24.4 Å². The summed E-state index contributed by atoms with van der Waals surface area (Å²) in [6.45, 7) is 5.16. The Morgan fingerprint density at radius 2 is 1.61 bits per heavy atom. The molecule has 7 nitrogen and oxygen atoms in total. The van der Waals surface area contributed by atoms with Crippen LogP contribution in [0.4, 0.5) is 0 Å². The Kier molecular flexibility index (Phi) is 4.32. The number of amidine groups is 1. The van der Waals surface area contributed by atoms with Gasteiger partial charge in [-0.1, -0.05) is 12.1 Å². The molecule has 1 atom stereocenters. The van der Waals surface area contributed by atoms with Crippen molar-refractivity contribution in [2.75, 3.05) is 13.2 Å². The first-order chi connectivity index (χ1) is 15.9. The molecule has 4 heterocycles. The summed E-state index contributed by atoms with van der Waals surface area (Å²) in [6, 6.07) is 12.5. The van der Waals surface area contributed by atoms with Crippen molar-refractivity contribution in [3.8, 4) is 22.6 Å². The molecule has 0 bridgehead atoms. The van der Waals surface area contributed by atoms with Crippen LogP contribution in [0.2, 0.25) is 0 Å². The molecule has 0 radical (unpaired) electrons. The number of fused-ring (bicyclic) bond motifs is 4. The van der Waals surface area contributed by atoms with Gasteiger partial charge in [0.25, 0.3) is 6.02 Å². The lowest BCUT2D eigenvalue weighted by atomic mass is 9.79. The minimum atomic E-state index is -0.782. The summed E-state index contributed by atoms with van der Waals surface area (Å²) in [5, 5.41) is 0. The molecule has 3 aliphatic rings. The van der Waals surface area contributed by atoms with Crippen molar-refractivity contribution >= 4 is 11.6 Å². The Labute approximate surface area is 192 Å². The molecule has 0 fully saturated rings. The van der Waals surface area contributed by atoms with Gasteiger partial charge in [0, 0.05) is 29.1 Å². The summed E-state index contributed by atoms with van der Waals surface area (Å²) in [6.07, 6.45) is 8.15. The van der Waals surface area contributed by atoms with Gasteiger partial charge in [0.2, 0.25) is 0 Å². The van der Waals surface area contributed by atoms with Crippen molar-refractivity contribution in [1.82, 2.24) is 9.97 Å². The van der Waals surface area contributed by atoms with Gasteiger partial charge in [-0.05, 0) is 67.3 Å². The fourth-order valence-corrected chi connectivity index (χ4v) is 4.87. The van der Waals surface area contributed by atoms with Crippen LogP contribution in [0.5, 0.6) is 11.5 Å². The molecule has 0 saturated heterocycles. The van der Waals surface area contributed by atoms with Gasteiger partial charge in [0.05, 0.1) is 12.2 Å². The predicted octanol–water partition coefficient (Wildman–Crippen LogP) is 4.42. The van der Waals surface area contributed by atoms with Crippen molar-refractivity contribution in [3.63, 3.8) is 0 Å². The summed E-state index contributed by atoms with van der Waals surface area (Å²) in [4.78, 5) is 13.1. The number of rotatable bonds is 2. The molecule has 1 aromatic heterocycles. The lowest BCUT2D eigenvalue weighted by Crippen LogP contribution is -2.31.